The van der Waals surface area contributed by atoms with Gasteiger partial charge in [0.15, 0.2) is 11.5 Å². The number of halogens is 3. The smallest absolute Gasteiger partial charge is 0.180 e. The number of hydrogen-bond donors (Lipinski definition) is 1. The van der Waals surface area contributed by atoms with Gasteiger partial charge in [-0.05, 0) is 54.4 Å². The highest BCUT2D eigenvalue weighted by atomic mass is 35.5. The fraction of sp³-hybridized carbons (Fsp3) is 0.227. The van der Waals surface area contributed by atoms with Crippen molar-refractivity contribution in [3.05, 3.63) is 86.6 Å². The van der Waals surface area contributed by atoms with Crippen LogP contribution in [-0.2, 0) is 19.7 Å². The van der Waals surface area contributed by atoms with Crippen LogP contribution >= 0.6 is 34.8 Å². The van der Waals surface area contributed by atoms with E-state index in [4.69, 9.17) is 44.3 Å². The molecule has 0 saturated heterocycles. The van der Waals surface area contributed by atoms with Gasteiger partial charge in [0.05, 0.1) is 11.6 Å². The summed E-state index contributed by atoms with van der Waals surface area (Å²) in [6.45, 7) is 4.06. The second kappa shape index (κ2) is 10.7. The molecule has 0 bridgehead atoms. The Morgan fingerprint density at radius 1 is 0.862 bits per heavy atom. The number of hydrogen-bond acceptors (Lipinski definition) is 4. The maximum atomic E-state index is 6.50. The van der Waals surface area contributed by atoms with E-state index in [0.717, 1.165) is 23.2 Å². The summed E-state index contributed by atoms with van der Waals surface area (Å²) in [5.41, 5.74) is 2.98. The first-order valence-electron chi connectivity index (χ1n) is 9.18. The molecular formula is C22H21Cl3N2O2. The van der Waals surface area contributed by atoms with Crippen molar-refractivity contribution in [2.24, 2.45) is 0 Å². The molecule has 152 valence electrons. The van der Waals surface area contributed by atoms with Crippen LogP contribution in [0.2, 0.25) is 15.1 Å². The molecule has 0 aliphatic rings. The minimum absolute atomic E-state index is 0.259. The highest BCUT2D eigenvalue weighted by Crippen LogP contribution is 2.37. The van der Waals surface area contributed by atoms with Gasteiger partial charge in [-0.3, -0.25) is 4.98 Å². The van der Waals surface area contributed by atoms with E-state index in [2.05, 4.69) is 10.3 Å². The summed E-state index contributed by atoms with van der Waals surface area (Å²) in [6.07, 6.45) is 3.56. The molecule has 0 fully saturated rings. The predicted octanol–water partition coefficient (Wildman–Crippen LogP) is 6.31. The Morgan fingerprint density at radius 2 is 1.62 bits per heavy atom. The molecule has 2 aromatic carbocycles. The largest absolute Gasteiger partial charge is 0.490 e. The van der Waals surface area contributed by atoms with Crippen molar-refractivity contribution in [3.8, 4) is 11.5 Å². The molecule has 29 heavy (non-hydrogen) atoms. The van der Waals surface area contributed by atoms with Gasteiger partial charge in [-0.15, -0.1) is 0 Å². The van der Waals surface area contributed by atoms with Crippen molar-refractivity contribution in [2.75, 3.05) is 6.61 Å². The van der Waals surface area contributed by atoms with Gasteiger partial charge in [0.25, 0.3) is 0 Å². The Balaban J connectivity index is 1.70. The number of pyridine rings is 1. The van der Waals surface area contributed by atoms with Crippen LogP contribution < -0.4 is 14.8 Å². The van der Waals surface area contributed by atoms with Crippen molar-refractivity contribution in [1.82, 2.24) is 10.3 Å². The summed E-state index contributed by atoms with van der Waals surface area (Å²) < 4.78 is 11.7. The Hall–Kier alpha value is -1.98. The normalized spacial score (nSPS) is 10.8. The van der Waals surface area contributed by atoms with Gasteiger partial charge in [-0.2, -0.15) is 0 Å². The minimum Gasteiger partial charge on any atom is -0.490 e. The van der Waals surface area contributed by atoms with Crippen molar-refractivity contribution >= 4 is 34.8 Å². The first kappa shape index (κ1) is 21.7. The Bertz CT molecular complexity index is 952. The van der Waals surface area contributed by atoms with E-state index in [9.17, 15) is 0 Å². The molecule has 4 nitrogen and oxygen atoms in total. The van der Waals surface area contributed by atoms with E-state index >= 15 is 0 Å². The number of ether oxygens (including phenoxy) is 2. The Kier molecular flexibility index (Phi) is 8.01. The van der Waals surface area contributed by atoms with Crippen molar-refractivity contribution in [2.45, 2.75) is 26.6 Å². The van der Waals surface area contributed by atoms with Crippen molar-refractivity contribution < 1.29 is 9.47 Å². The average molecular weight is 452 g/mol. The van der Waals surface area contributed by atoms with Gasteiger partial charge >= 0.3 is 0 Å². The molecule has 1 N–H and O–H groups in total. The van der Waals surface area contributed by atoms with E-state index in [1.165, 1.54) is 0 Å². The lowest BCUT2D eigenvalue weighted by molar-refractivity contribution is 0.269. The monoisotopic (exact) mass is 450 g/mol. The molecule has 0 aliphatic carbocycles. The van der Waals surface area contributed by atoms with Gasteiger partial charge in [-0.25, -0.2) is 0 Å². The molecule has 1 heterocycles. The van der Waals surface area contributed by atoms with Crippen molar-refractivity contribution in [1.29, 1.82) is 0 Å². The maximum Gasteiger partial charge on any atom is 0.180 e. The summed E-state index contributed by atoms with van der Waals surface area (Å²) in [6, 6.07) is 13.1. The molecule has 0 radical (unpaired) electrons. The quantitative estimate of drug-likeness (QED) is 0.414. The van der Waals surface area contributed by atoms with Gasteiger partial charge in [0, 0.05) is 41.1 Å². The van der Waals surface area contributed by atoms with Crippen LogP contribution in [0.25, 0.3) is 0 Å². The van der Waals surface area contributed by atoms with Crippen LogP contribution in [0.5, 0.6) is 11.5 Å². The zero-order valence-corrected chi connectivity index (χ0v) is 18.2. The second-order valence-electron chi connectivity index (χ2n) is 6.32. The van der Waals surface area contributed by atoms with Crippen LogP contribution in [0, 0.1) is 0 Å². The highest BCUT2D eigenvalue weighted by Gasteiger charge is 2.14. The number of nitrogens with one attached hydrogen (secondary N) is 1. The summed E-state index contributed by atoms with van der Waals surface area (Å²) >= 11 is 18.7. The lowest BCUT2D eigenvalue weighted by atomic mass is 10.2. The zero-order chi connectivity index (χ0) is 20.6. The van der Waals surface area contributed by atoms with Gasteiger partial charge in [0.2, 0.25) is 0 Å². The maximum absolute atomic E-state index is 6.50. The van der Waals surface area contributed by atoms with Crippen LogP contribution in [0.15, 0.2) is 54.9 Å². The minimum atomic E-state index is 0.259. The second-order valence-corrected chi connectivity index (χ2v) is 7.57. The summed E-state index contributed by atoms with van der Waals surface area (Å²) in [7, 11) is 0. The molecule has 1 aromatic heterocycles. The third kappa shape index (κ3) is 6.25. The van der Waals surface area contributed by atoms with Gasteiger partial charge in [-0.1, -0.05) is 40.9 Å². The lowest BCUT2D eigenvalue weighted by Crippen LogP contribution is -2.13. The third-order valence-electron chi connectivity index (χ3n) is 4.16. The molecule has 7 heteroatoms. The highest BCUT2D eigenvalue weighted by molar-refractivity contribution is 6.35. The standard InChI is InChI=1S/C22H21Cl3N2O2/c1-2-28-21-10-16(13-27-12-15-5-7-26-8-6-15)9-20(25)22(21)29-14-17-3-4-18(23)11-19(17)24/h3-11,27H,2,12-14H2,1H3. The number of aromatic nitrogens is 1. The fourth-order valence-electron chi connectivity index (χ4n) is 2.77. The van der Waals surface area contributed by atoms with E-state index in [1.54, 1.807) is 24.5 Å². The summed E-state index contributed by atoms with van der Waals surface area (Å²) in [4.78, 5) is 4.02. The Morgan fingerprint density at radius 3 is 2.34 bits per heavy atom. The van der Waals surface area contributed by atoms with Crippen LogP contribution in [0.4, 0.5) is 0 Å². The first-order valence-corrected chi connectivity index (χ1v) is 10.3. The number of rotatable bonds is 9. The summed E-state index contributed by atoms with van der Waals surface area (Å²) in [5, 5.41) is 5.00. The number of nitrogens with zero attached hydrogens (tertiary/aromatic N) is 1. The molecular weight excluding hydrogens is 431 g/mol. The van der Waals surface area contributed by atoms with E-state index in [1.807, 2.05) is 37.3 Å². The van der Waals surface area contributed by atoms with Gasteiger partial charge in [0.1, 0.15) is 6.61 Å². The first-order chi connectivity index (χ1) is 14.1. The number of benzene rings is 2. The molecule has 0 unspecified atom stereocenters. The molecule has 3 aromatic rings. The summed E-state index contributed by atoms with van der Waals surface area (Å²) in [5.74, 6) is 1.10. The van der Waals surface area contributed by atoms with E-state index in [-0.39, 0.29) is 6.61 Å². The topological polar surface area (TPSA) is 43.4 Å². The van der Waals surface area contributed by atoms with E-state index in [0.29, 0.717) is 39.7 Å². The average Bonchev–Trinajstić information content (AvgIpc) is 2.70. The molecule has 0 atom stereocenters. The lowest BCUT2D eigenvalue weighted by Gasteiger charge is -2.16. The van der Waals surface area contributed by atoms with Crippen LogP contribution in [0.3, 0.4) is 0 Å². The molecule has 3 rings (SSSR count). The van der Waals surface area contributed by atoms with Gasteiger partial charge < -0.3 is 14.8 Å². The fourth-order valence-corrected chi connectivity index (χ4v) is 3.52. The molecule has 0 amide bonds. The predicted molar refractivity (Wildman–Crippen MR) is 118 cm³/mol. The van der Waals surface area contributed by atoms with E-state index < -0.39 is 0 Å². The SMILES string of the molecule is CCOc1cc(CNCc2ccncc2)cc(Cl)c1OCc1ccc(Cl)cc1Cl. The van der Waals surface area contributed by atoms with Crippen molar-refractivity contribution in [3.63, 3.8) is 0 Å². The third-order valence-corrected chi connectivity index (χ3v) is 5.03. The molecule has 0 aliphatic heterocycles. The van der Waals surface area contributed by atoms with Crippen LogP contribution in [0.1, 0.15) is 23.6 Å². The van der Waals surface area contributed by atoms with Crippen LogP contribution in [-0.4, -0.2) is 11.6 Å². The Labute approximate surface area is 185 Å². The molecule has 0 spiro atoms. The zero-order valence-electron chi connectivity index (χ0n) is 15.9. The molecule has 0 saturated carbocycles.